The molecule has 0 spiro atoms. The molecule has 1 aromatic heterocycles. The van der Waals surface area contributed by atoms with E-state index in [2.05, 4.69) is 15.6 Å². The maximum atomic E-state index is 12.2. The van der Waals surface area contributed by atoms with E-state index in [0.717, 1.165) is 19.5 Å². The Kier molecular flexibility index (Phi) is 8.12. The number of benzene rings is 2. The molecule has 0 aliphatic carbocycles. The molecule has 1 saturated heterocycles. The van der Waals surface area contributed by atoms with E-state index in [1.165, 1.54) is 42.5 Å². The lowest BCUT2D eigenvalue weighted by atomic mass is 10.0. The summed E-state index contributed by atoms with van der Waals surface area (Å²) < 4.78 is 0. The zero-order valence-electron chi connectivity index (χ0n) is 17.6. The highest BCUT2D eigenvalue weighted by Crippen LogP contribution is 2.24. The van der Waals surface area contributed by atoms with E-state index in [0.29, 0.717) is 21.7 Å². The number of aromatic hydroxyl groups is 1. The Morgan fingerprint density at radius 1 is 1.00 bits per heavy atom. The van der Waals surface area contributed by atoms with Gasteiger partial charge >= 0.3 is 0 Å². The van der Waals surface area contributed by atoms with Crippen molar-refractivity contribution in [1.82, 2.24) is 15.6 Å². The van der Waals surface area contributed by atoms with Crippen LogP contribution in [0.5, 0.6) is 5.75 Å². The van der Waals surface area contributed by atoms with Crippen LogP contribution in [0.3, 0.4) is 0 Å². The predicted octanol–water partition coefficient (Wildman–Crippen LogP) is 2.55. The van der Waals surface area contributed by atoms with Gasteiger partial charge in [-0.15, -0.1) is 0 Å². The highest BCUT2D eigenvalue weighted by atomic mass is 35.5. The van der Waals surface area contributed by atoms with Gasteiger partial charge < -0.3 is 21.5 Å². The molecule has 2 amide bonds. The molecule has 1 aliphatic rings. The lowest BCUT2D eigenvalue weighted by Crippen LogP contribution is -2.36. The maximum absolute atomic E-state index is 12.2. The van der Waals surface area contributed by atoms with E-state index in [9.17, 15) is 19.5 Å². The molecule has 0 unspecified atom stereocenters. The summed E-state index contributed by atoms with van der Waals surface area (Å²) in [5.74, 6) is -1.10. The molecule has 0 radical (unpaired) electrons. The van der Waals surface area contributed by atoms with Crippen LogP contribution in [0, 0.1) is 0 Å². The summed E-state index contributed by atoms with van der Waals surface area (Å²) in [6.07, 6.45) is 4.26. The van der Waals surface area contributed by atoms with Crippen LogP contribution in [0.2, 0.25) is 5.02 Å². The fourth-order valence-electron chi connectivity index (χ4n) is 3.18. The molecule has 33 heavy (non-hydrogen) atoms. The highest BCUT2D eigenvalue weighted by Gasteiger charge is 2.17. The van der Waals surface area contributed by atoms with Crippen molar-refractivity contribution >= 4 is 29.2 Å². The van der Waals surface area contributed by atoms with Gasteiger partial charge in [-0.25, -0.2) is 0 Å². The number of hydrogen-bond acceptors (Lipinski definition) is 6. The number of nitrogens with two attached hydrogens (primary N) is 1. The fourth-order valence-corrected chi connectivity index (χ4v) is 3.35. The van der Waals surface area contributed by atoms with E-state index >= 15 is 0 Å². The predicted molar refractivity (Wildman–Crippen MR) is 124 cm³/mol. The van der Waals surface area contributed by atoms with Gasteiger partial charge in [0.1, 0.15) is 5.75 Å². The lowest BCUT2D eigenvalue weighted by molar-refractivity contribution is 0.0938. The van der Waals surface area contributed by atoms with Gasteiger partial charge in [-0.2, -0.15) is 0 Å². The van der Waals surface area contributed by atoms with Gasteiger partial charge in [-0.05, 0) is 55.4 Å². The van der Waals surface area contributed by atoms with Crippen molar-refractivity contribution in [3.05, 3.63) is 94.3 Å². The van der Waals surface area contributed by atoms with E-state index < -0.39 is 5.91 Å². The molecular formula is C24H23ClN4O4. The first kappa shape index (κ1) is 23.9. The Labute approximate surface area is 195 Å². The minimum atomic E-state index is -0.565. The molecule has 0 bridgehead atoms. The van der Waals surface area contributed by atoms with Crippen LogP contribution >= 0.6 is 11.6 Å². The van der Waals surface area contributed by atoms with Crippen LogP contribution in [-0.2, 0) is 0 Å². The molecular weight excluding hydrogens is 444 g/mol. The van der Waals surface area contributed by atoms with Crippen LogP contribution in [0.4, 0.5) is 0 Å². The first-order valence-corrected chi connectivity index (χ1v) is 10.6. The van der Waals surface area contributed by atoms with Crippen molar-refractivity contribution in [2.24, 2.45) is 5.73 Å². The molecule has 4 rings (SSSR count). The number of rotatable bonds is 5. The second-order valence-electron chi connectivity index (χ2n) is 7.33. The van der Waals surface area contributed by atoms with Gasteiger partial charge in [-0.1, -0.05) is 23.7 Å². The van der Waals surface area contributed by atoms with Gasteiger partial charge in [0, 0.05) is 46.7 Å². The lowest BCUT2D eigenvalue weighted by Gasteiger charge is -2.10. The molecule has 2 heterocycles. The third-order valence-corrected chi connectivity index (χ3v) is 5.21. The van der Waals surface area contributed by atoms with Crippen molar-refractivity contribution in [2.75, 3.05) is 13.1 Å². The molecule has 3 aromatic rings. The summed E-state index contributed by atoms with van der Waals surface area (Å²) in [6, 6.07) is 13.8. The molecule has 5 N–H and O–H groups in total. The molecule has 0 saturated carbocycles. The number of ketones is 1. The van der Waals surface area contributed by atoms with Gasteiger partial charge in [0.2, 0.25) is 5.91 Å². The Morgan fingerprint density at radius 3 is 2.27 bits per heavy atom. The van der Waals surface area contributed by atoms with Crippen LogP contribution < -0.4 is 16.4 Å². The number of halogens is 1. The van der Waals surface area contributed by atoms with Crippen LogP contribution in [0.15, 0.2) is 67.0 Å². The number of hydrogen-bond donors (Lipinski definition) is 4. The maximum Gasteiger partial charge on any atom is 0.251 e. The largest absolute Gasteiger partial charge is 0.507 e. The summed E-state index contributed by atoms with van der Waals surface area (Å²) in [5, 5.41) is 16.2. The SMILES string of the molecule is NC(=O)c1ccc(C(=O)c2cc(Cl)ccc2O)cc1.O=C(N[C@H]1CCNC1)c1ccncc1. The van der Waals surface area contributed by atoms with E-state index in [1.807, 2.05) is 0 Å². The number of carbonyl (C=O) groups is 3. The topological polar surface area (TPSA) is 134 Å². The van der Waals surface area contributed by atoms with Gasteiger partial charge in [0.25, 0.3) is 5.91 Å². The van der Waals surface area contributed by atoms with E-state index in [1.54, 1.807) is 24.5 Å². The zero-order chi connectivity index (χ0) is 23.8. The minimum Gasteiger partial charge on any atom is -0.507 e. The second-order valence-corrected chi connectivity index (χ2v) is 7.77. The number of aromatic nitrogens is 1. The number of phenols is 1. The van der Waals surface area contributed by atoms with Crippen molar-refractivity contribution in [1.29, 1.82) is 0 Å². The Bertz CT molecular complexity index is 1130. The van der Waals surface area contributed by atoms with Gasteiger partial charge in [0.15, 0.2) is 5.78 Å². The third kappa shape index (κ3) is 6.61. The zero-order valence-corrected chi connectivity index (χ0v) is 18.4. The van der Waals surface area contributed by atoms with Crippen molar-refractivity contribution in [3.8, 4) is 5.75 Å². The Hall–Kier alpha value is -3.75. The summed E-state index contributed by atoms with van der Waals surface area (Å²) in [5.41, 5.74) is 6.54. The monoisotopic (exact) mass is 466 g/mol. The molecule has 1 fully saturated rings. The summed E-state index contributed by atoms with van der Waals surface area (Å²) in [6.45, 7) is 1.86. The molecule has 1 aliphatic heterocycles. The number of primary amides is 1. The van der Waals surface area contributed by atoms with Crippen molar-refractivity contribution < 1.29 is 19.5 Å². The number of amides is 2. The van der Waals surface area contributed by atoms with Crippen LogP contribution in [0.25, 0.3) is 0 Å². The van der Waals surface area contributed by atoms with Gasteiger partial charge in [0.05, 0.1) is 5.56 Å². The second kappa shape index (κ2) is 11.2. The first-order chi connectivity index (χ1) is 15.8. The number of nitrogens with one attached hydrogen (secondary N) is 2. The summed E-state index contributed by atoms with van der Waals surface area (Å²) >= 11 is 5.79. The van der Waals surface area contributed by atoms with Crippen LogP contribution in [0.1, 0.15) is 43.1 Å². The quantitative estimate of drug-likeness (QED) is 0.427. The molecule has 170 valence electrons. The first-order valence-electron chi connectivity index (χ1n) is 10.2. The Balaban J connectivity index is 0.000000194. The smallest absolute Gasteiger partial charge is 0.251 e. The Morgan fingerprint density at radius 2 is 1.67 bits per heavy atom. The standard InChI is InChI=1S/C14H10ClNO3.C10H13N3O/c15-10-5-6-12(17)11(7-10)13(18)8-1-3-9(4-2-8)14(16)19;14-10(8-1-4-11-5-2-8)13-9-3-6-12-7-9/h1-7,17H,(H2,16,19);1-2,4-5,9,12H,3,6-7H2,(H,13,14)/t;9-/m.0/s1. The molecule has 9 heteroatoms. The highest BCUT2D eigenvalue weighted by molar-refractivity contribution is 6.31. The number of carbonyl (C=O) groups excluding carboxylic acids is 3. The third-order valence-electron chi connectivity index (χ3n) is 4.97. The average Bonchev–Trinajstić information content (AvgIpc) is 3.34. The van der Waals surface area contributed by atoms with E-state index in [-0.39, 0.29) is 29.0 Å². The summed E-state index contributed by atoms with van der Waals surface area (Å²) in [4.78, 5) is 38.6. The number of phenolic OH excluding ortho intramolecular Hbond substituents is 1. The van der Waals surface area contributed by atoms with E-state index in [4.69, 9.17) is 17.3 Å². The molecule has 2 aromatic carbocycles. The molecule has 8 nitrogen and oxygen atoms in total. The number of pyridine rings is 1. The average molecular weight is 467 g/mol. The summed E-state index contributed by atoms with van der Waals surface area (Å²) in [7, 11) is 0. The molecule has 1 atom stereocenters. The number of nitrogens with zero attached hydrogens (tertiary/aromatic N) is 1. The fraction of sp³-hybridized carbons (Fsp3) is 0.167. The van der Waals surface area contributed by atoms with Gasteiger partial charge in [-0.3, -0.25) is 19.4 Å². The normalized spacial score (nSPS) is 14.6. The van der Waals surface area contributed by atoms with Crippen molar-refractivity contribution in [2.45, 2.75) is 12.5 Å². The minimum absolute atomic E-state index is 0.0129. The van der Waals surface area contributed by atoms with Crippen molar-refractivity contribution in [3.63, 3.8) is 0 Å². The van der Waals surface area contributed by atoms with Crippen LogP contribution in [-0.4, -0.2) is 46.8 Å².